The standard InChI is InChI=1S/C9H6F4O3/c10-7-2-1-6(4-15-5-14)3-8(7)16-9(11,12)13/h1-3,5H,4H2. The molecule has 0 spiro atoms. The van der Waals surface area contributed by atoms with E-state index in [-0.39, 0.29) is 18.6 Å². The summed E-state index contributed by atoms with van der Waals surface area (Å²) in [6, 6.07) is 2.79. The molecule has 0 bridgehead atoms. The highest BCUT2D eigenvalue weighted by Crippen LogP contribution is 2.26. The van der Waals surface area contributed by atoms with Gasteiger partial charge in [-0.15, -0.1) is 13.2 Å². The zero-order valence-corrected chi connectivity index (χ0v) is 7.75. The van der Waals surface area contributed by atoms with Crippen LogP contribution in [0.4, 0.5) is 17.6 Å². The first-order valence-electron chi connectivity index (χ1n) is 4.02. The van der Waals surface area contributed by atoms with Crippen LogP contribution >= 0.6 is 0 Å². The van der Waals surface area contributed by atoms with Gasteiger partial charge in [-0.2, -0.15) is 0 Å². The van der Waals surface area contributed by atoms with Crippen LogP contribution in [0.2, 0.25) is 0 Å². The fourth-order valence-electron chi connectivity index (χ4n) is 0.971. The number of benzene rings is 1. The highest BCUT2D eigenvalue weighted by atomic mass is 19.4. The monoisotopic (exact) mass is 238 g/mol. The van der Waals surface area contributed by atoms with Gasteiger partial charge in [-0.25, -0.2) is 4.39 Å². The first-order chi connectivity index (χ1) is 7.42. The molecule has 1 aromatic rings. The number of hydrogen-bond acceptors (Lipinski definition) is 3. The van der Waals surface area contributed by atoms with E-state index in [0.29, 0.717) is 0 Å². The second kappa shape index (κ2) is 4.82. The van der Waals surface area contributed by atoms with E-state index in [0.717, 1.165) is 12.1 Å². The Morgan fingerprint density at radius 3 is 2.56 bits per heavy atom. The first-order valence-corrected chi connectivity index (χ1v) is 4.02. The molecule has 0 aliphatic heterocycles. The third-order valence-corrected chi connectivity index (χ3v) is 1.54. The Labute approximate surface area is 87.6 Å². The number of rotatable bonds is 4. The summed E-state index contributed by atoms with van der Waals surface area (Å²) >= 11 is 0. The maximum Gasteiger partial charge on any atom is 0.573 e. The van der Waals surface area contributed by atoms with Crippen LogP contribution < -0.4 is 4.74 Å². The van der Waals surface area contributed by atoms with Crippen molar-refractivity contribution >= 4 is 6.47 Å². The molecule has 0 N–H and O–H groups in total. The van der Waals surface area contributed by atoms with Crippen molar-refractivity contribution in [1.82, 2.24) is 0 Å². The van der Waals surface area contributed by atoms with E-state index in [1.54, 1.807) is 0 Å². The van der Waals surface area contributed by atoms with Crippen molar-refractivity contribution in [1.29, 1.82) is 0 Å². The van der Waals surface area contributed by atoms with E-state index in [1.807, 2.05) is 0 Å². The van der Waals surface area contributed by atoms with Gasteiger partial charge in [0.15, 0.2) is 11.6 Å². The normalized spacial score (nSPS) is 11.0. The lowest BCUT2D eigenvalue weighted by Gasteiger charge is -2.10. The first kappa shape index (κ1) is 12.3. The lowest BCUT2D eigenvalue weighted by molar-refractivity contribution is -0.275. The summed E-state index contributed by atoms with van der Waals surface area (Å²) in [7, 11) is 0. The van der Waals surface area contributed by atoms with Gasteiger partial charge in [0.1, 0.15) is 6.61 Å². The average Bonchev–Trinajstić information content (AvgIpc) is 2.17. The Hall–Kier alpha value is -1.79. The SMILES string of the molecule is O=COCc1ccc(F)c(OC(F)(F)F)c1. The zero-order chi connectivity index (χ0) is 12.2. The molecule has 3 nitrogen and oxygen atoms in total. The van der Waals surface area contributed by atoms with E-state index in [4.69, 9.17) is 0 Å². The number of carbonyl (C=O) groups is 1. The Morgan fingerprint density at radius 2 is 2.00 bits per heavy atom. The molecule has 7 heteroatoms. The second-order valence-electron chi connectivity index (χ2n) is 2.72. The molecule has 0 saturated heterocycles. The Kier molecular flexibility index (Phi) is 3.70. The van der Waals surface area contributed by atoms with Crippen molar-refractivity contribution in [3.05, 3.63) is 29.6 Å². The lowest BCUT2D eigenvalue weighted by atomic mass is 10.2. The predicted octanol–water partition coefficient (Wildman–Crippen LogP) is 2.40. The molecule has 16 heavy (non-hydrogen) atoms. The molecule has 0 amide bonds. The van der Waals surface area contributed by atoms with E-state index >= 15 is 0 Å². The molecule has 1 rings (SSSR count). The molecular formula is C9H6F4O3. The van der Waals surface area contributed by atoms with E-state index in [2.05, 4.69) is 9.47 Å². The number of alkyl halides is 3. The molecule has 0 saturated carbocycles. The van der Waals surface area contributed by atoms with Crippen LogP contribution in [-0.4, -0.2) is 12.8 Å². The summed E-state index contributed by atoms with van der Waals surface area (Å²) in [5.41, 5.74) is 0.188. The van der Waals surface area contributed by atoms with E-state index < -0.39 is 17.9 Å². The highest BCUT2D eigenvalue weighted by Gasteiger charge is 2.32. The van der Waals surface area contributed by atoms with Crippen molar-refractivity contribution in [3.63, 3.8) is 0 Å². The lowest BCUT2D eigenvalue weighted by Crippen LogP contribution is -2.18. The maximum absolute atomic E-state index is 12.9. The topological polar surface area (TPSA) is 35.5 Å². The number of halogens is 4. The Bertz CT molecular complexity index is 376. The molecule has 0 aromatic heterocycles. The van der Waals surface area contributed by atoms with E-state index in [1.165, 1.54) is 6.07 Å². The minimum absolute atomic E-state index is 0.133. The van der Waals surface area contributed by atoms with Crippen LogP contribution in [0.5, 0.6) is 5.75 Å². The van der Waals surface area contributed by atoms with Gasteiger partial charge in [-0.05, 0) is 17.7 Å². The van der Waals surface area contributed by atoms with Gasteiger partial charge in [0.25, 0.3) is 6.47 Å². The Morgan fingerprint density at radius 1 is 1.31 bits per heavy atom. The van der Waals surface area contributed by atoms with Gasteiger partial charge in [0, 0.05) is 0 Å². The molecule has 88 valence electrons. The summed E-state index contributed by atoms with van der Waals surface area (Å²) in [5, 5.41) is 0. The summed E-state index contributed by atoms with van der Waals surface area (Å²) in [4.78, 5) is 9.85. The predicted molar refractivity (Wildman–Crippen MR) is 43.9 cm³/mol. The molecule has 0 heterocycles. The molecule has 0 atom stereocenters. The zero-order valence-electron chi connectivity index (χ0n) is 7.75. The smallest absolute Gasteiger partial charge is 0.463 e. The van der Waals surface area contributed by atoms with Crippen LogP contribution in [0.25, 0.3) is 0 Å². The average molecular weight is 238 g/mol. The van der Waals surface area contributed by atoms with Crippen LogP contribution in [-0.2, 0) is 16.1 Å². The Balaban J connectivity index is 2.86. The molecule has 0 fully saturated rings. The third-order valence-electron chi connectivity index (χ3n) is 1.54. The molecule has 0 aliphatic carbocycles. The van der Waals surface area contributed by atoms with Gasteiger partial charge in [0.05, 0.1) is 0 Å². The van der Waals surface area contributed by atoms with Gasteiger partial charge < -0.3 is 9.47 Å². The minimum Gasteiger partial charge on any atom is -0.463 e. The van der Waals surface area contributed by atoms with Gasteiger partial charge in [-0.1, -0.05) is 6.07 Å². The summed E-state index contributed by atoms with van der Waals surface area (Å²) in [6.45, 7) is -0.119. The van der Waals surface area contributed by atoms with Gasteiger partial charge in [-0.3, -0.25) is 4.79 Å². The molecule has 0 unspecified atom stereocenters. The van der Waals surface area contributed by atoms with Crippen molar-refractivity contribution in [2.45, 2.75) is 13.0 Å². The summed E-state index contributed by atoms with van der Waals surface area (Å²) in [6.07, 6.45) is -4.97. The fourth-order valence-corrected chi connectivity index (χ4v) is 0.971. The second-order valence-corrected chi connectivity index (χ2v) is 2.72. The van der Waals surface area contributed by atoms with Crippen molar-refractivity contribution < 1.29 is 31.8 Å². The summed E-state index contributed by atoms with van der Waals surface area (Å²) < 4.78 is 56.1. The van der Waals surface area contributed by atoms with Gasteiger partial charge in [0.2, 0.25) is 0 Å². The molecule has 0 radical (unpaired) electrons. The van der Waals surface area contributed by atoms with Crippen molar-refractivity contribution in [3.8, 4) is 5.75 Å². The highest BCUT2D eigenvalue weighted by molar-refractivity contribution is 5.38. The molecular weight excluding hydrogens is 232 g/mol. The fraction of sp³-hybridized carbons (Fsp3) is 0.222. The third kappa shape index (κ3) is 3.76. The number of carbonyl (C=O) groups excluding carboxylic acids is 1. The maximum atomic E-state index is 12.9. The minimum atomic E-state index is -4.97. The number of hydrogen-bond donors (Lipinski definition) is 0. The van der Waals surface area contributed by atoms with Crippen molar-refractivity contribution in [2.75, 3.05) is 0 Å². The molecule has 0 aliphatic rings. The summed E-state index contributed by atoms with van der Waals surface area (Å²) in [5.74, 6) is -2.10. The largest absolute Gasteiger partial charge is 0.573 e. The van der Waals surface area contributed by atoms with Crippen LogP contribution in [0.3, 0.4) is 0 Å². The van der Waals surface area contributed by atoms with Crippen LogP contribution in [0, 0.1) is 5.82 Å². The number of ether oxygens (including phenoxy) is 2. The molecule has 1 aromatic carbocycles. The van der Waals surface area contributed by atoms with E-state index in [9.17, 15) is 22.4 Å². The van der Waals surface area contributed by atoms with Crippen molar-refractivity contribution in [2.24, 2.45) is 0 Å². The van der Waals surface area contributed by atoms with Crippen LogP contribution in [0.1, 0.15) is 5.56 Å². The quantitative estimate of drug-likeness (QED) is 0.596. The van der Waals surface area contributed by atoms with Gasteiger partial charge >= 0.3 is 6.36 Å². The van der Waals surface area contributed by atoms with Crippen LogP contribution in [0.15, 0.2) is 18.2 Å².